The van der Waals surface area contributed by atoms with E-state index in [9.17, 15) is 23.1 Å². The summed E-state index contributed by atoms with van der Waals surface area (Å²) in [6, 6.07) is 11.6. The van der Waals surface area contributed by atoms with Gasteiger partial charge in [0.1, 0.15) is 17.5 Å². The van der Waals surface area contributed by atoms with Crippen LogP contribution in [0.25, 0.3) is 0 Å². The molecule has 30 heavy (non-hydrogen) atoms. The summed E-state index contributed by atoms with van der Waals surface area (Å²) < 4.78 is 48.8. The Hall–Kier alpha value is -2.58. The van der Waals surface area contributed by atoms with Gasteiger partial charge in [-0.2, -0.15) is 13.2 Å². The summed E-state index contributed by atoms with van der Waals surface area (Å²) in [5.41, 5.74) is -0.565. The average Bonchev–Trinajstić information content (AvgIpc) is 2.72. The van der Waals surface area contributed by atoms with Crippen molar-refractivity contribution in [2.24, 2.45) is 0 Å². The molecule has 0 radical (unpaired) electrons. The highest BCUT2D eigenvalue weighted by molar-refractivity contribution is 5.94. The fourth-order valence-electron chi connectivity index (χ4n) is 3.68. The Morgan fingerprint density at radius 3 is 2.33 bits per heavy atom. The van der Waals surface area contributed by atoms with Gasteiger partial charge in [0.15, 0.2) is 0 Å². The number of aliphatic hydroxyl groups is 1. The van der Waals surface area contributed by atoms with Gasteiger partial charge in [0.05, 0.1) is 18.8 Å². The van der Waals surface area contributed by atoms with E-state index in [1.165, 1.54) is 12.1 Å². The van der Waals surface area contributed by atoms with Crippen molar-refractivity contribution in [1.82, 2.24) is 4.90 Å². The molecule has 2 heterocycles. The number of rotatable bonds is 4. The van der Waals surface area contributed by atoms with Crippen LogP contribution >= 0.6 is 0 Å². The number of alkyl halides is 3. The number of ether oxygens (including phenoxy) is 2. The van der Waals surface area contributed by atoms with Crippen molar-refractivity contribution in [2.45, 2.75) is 30.7 Å². The summed E-state index contributed by atoms with van der Waals surface area (Å²) in [6.45, 7) is 1.41. The highest BCUT2D eigenvalue weighted by Crippen LogP contribution is 2.32. The average molecular weight is 421 g/mol. The van der Waals surface area contributed by atoms with E-state index in [4.69, 9.17) is 9.47 Å². The topological polar surface area (TPSA) is 59.0 Å². The number of piperidine rings is 1. The SMILES string of the molecule is O=C(c1cccc(C2(O)COC2)c1)N1CCC(Oc2ccc(C(F)(F)F)cc2)CC1. The van der Waals surface area contributed by atoms with Crippen LogP contribution in [0.4, 0.5) is 13.2 Å². The van der Waals surface area contributed by atoms with Gasteiger partial charge in [0.2, 0.25) is 0 Å². The van der Waals surface area contributed by atoms with Crippen LogP contribution in [0.3, 0.4) is 0 Å². The number of benzene rings is 2. The second-order valence-electron chi connectivity index (χ2n) is 7.74. The van der Waals surface area contributed by atoms with Crippen molar-refractivity contribution in [2.75, 3.05) is 26.3 Å². The van der Waals surface area contributed by atoms with Gasteiger partial charge in [-0.15, -0.1) is 0 Å². The highest BCUT2D eigenvalue weighted by atomic mass is 19.4. The van der Waals surface area contributed by atoms with Crippen LogP contribution in [0.15, 0.2) is 48.5 Å². The first-order valence-corrected chi connectivity index (χ1v) is 9.78. The molecule has 2 aromatic carbocycles. The molecule has 0 aromatic heterocycles. The number of hydrogen-bond donors (Lipinski definition) is 1. The molecule has 2 aliphatic heterocycles. The highest BCUT2D eigenvalue weighted by Gasteiger charge is 2.38. The van der Waals surface area contributed by atoms with Crippen molar-refractivity contribution in [3.8, 4) is 5.75 Å². The van der Waals surface area contributed by atoms with Gasteiger partial charge >= 0.3 is 6.18 Å². The number of likely N-dealkylation sites (tertiary alicyclic amines) is 1. The van der Waals surface area contributed by atoms with Gasteiger partial charge < -0.3 is 19.5 Å². The third-order valence-corrected chi connectivity index (χ3v) is 5.54. The van der Waals surface area contributed by atoms with Crippen molar-refractivity contribution in [3.63, 3.8) is 0 Å². The molecule has 1 N–H and O–H groups in total. The summed E-state index contributed by atoms with van der Waals surface area (Å²) in [6.07, 6.45) is -3.36. The Balaban J connectivity index is 1.33. The van der Waals surface area contributed by atoms with Gasteiger partial charge in [-0.05, 0) is 42.0 Å². The molecule has 0 unspecified atom stereocenters. The van der Waals surface area contributed by atoms with Gasteiger partial charge in [0.25, 0.3) is 5.91 Å². The van der Waals surface area contributed by atoms with Crippen LogP contribution in [-0.2, 0) is 16.5 Å². The van der Waals surface area contributed by atoms with Crippen LogP contribution < -0.4 is 4.74 Å². The largest absolute Gasteiger partial charge is 0.490 e. The monoisotopic (exact) mass is 421 g/mol. The van der Waals surface area contributed by atoms with E-state index in [2.05, 4.69) is 0 Å². The molecule has 0 atom stereocenters. The van der Waals surface area contributed by atoms with Gasteiger partial charge in [-0.25, -0.2) is 0 Å². The summed E-state index contributed by atoms with van der Waals surface area (Å²) in [5.74, 6) is 0.269. The minimum atomic E-state index is -4.37. The first kappa shape index (κ1) is 20.7. The lowest BCUT2D eigenvalue weighted by atomic mass is 9.90. The lowest BCUT2D eigenvalue weighted by Gasteiger charge is -2.37. The van der Waals surface area contributed by atoms with Crippen LogP contribution in [0.1, 0.15) is 34.3 Å². The molecule has 0 spiro atoms. The van der Waals surface area contributed by atoms with E-state index in [0.29, 0.717) is 42.8 Å². The van der Waals surface area contributed by atoms with E-state index in [-0.39, 0.29) is 25.2 Å². The molecule has 2 aromatic rings. The lowest BCUT2D eigenvalue weighted by Crippen LogP contribution is -2.46. The first-order valence-electron chi connectivity index (χ1n) is 9.78. The molecule has 2 aliphatic rings. The Labute approximate surface area is 172 Å². The van der Waals surface area contributed by atoms with Crippen molar-refractivity contribution in [3.05, 3.63) is 65.2 Å². The molecule has 0 saturated carbocycles. The van der Waals surface area contributed by atoms with E-state index < -0.39 is 17.3 Å². The van der Waals surface area contributed by atoms with Crippen molar-refractivity contribution >= 4 is 5.91 Å². The second kappa shape index (κ2) is 7.92. The minimum Gasteiger partial charge on any atom is -0.490 e. The number of nitrogens with zero attached hydrogens (tertiary/aromatic N) is 1. The molecule has 2 fully saturated rings. The third kappa shape index (κ3) is 4.29. The summed E-state index contributed by atoms with van der Waals surface area (Å²) in [5, 5.41) is 10.4. The molecular formula is C22H22F3NO4. The number of carbonyl (C=O) groups is 1. The molecule has 0 aliphatic carbocycles. The Bertz CT molecular complexity index is 901. The smallest absolute Gasteiger partial charge is 0.416 e. The minimum absolute atomic E-state index is 0.117. The number of hydrogen-bond acceptors (Lipinski definition) is 4. The van der Waals surface area contributed by atoms with Crippen LogP contribution in [0.2, 0.25) is 0 Å². The zero-order chi connectivity index (χ0) is 21.4. The van der Waals surface area contributed by atoms with E-state index in [0.717, 1.165) is 12.1 Å². The standard InChI is InChI=1S/C22H22F3NO4/c23-22(24,25)16-4-6-18(7-5-16)30-19-8-10-26(11-9-19)20(27)15-2-1-3-17(12-15)21(28)13-29-14-21/h1-7,12,19,28H,8-11,13-14H2. The van der Waals surface area contributed by atoms with Gasteiger partial charge in [-0.3, -0.25) is 4.79 Å². The fraction of sp³-hybridized carbons (Fsp3) is 0.409. The molecule has 0 bridgehead atoms. The Morgan fingerprint density at radius 2 is 1.77 bits per heavy atom. The quantitative estimate of drug-likeness (QED) is 0.820. The predicted molar refractivity (Wildman–Crippen MR) is 102 cm³/mol. The van der Waals surface area contributed by atoms with E-state index in [1.54, 1.807) is 29.2 Å². The van der Waals surface area contributed by atoms with Crippen LogP contribution in [0, 0.1) is 0 Å². The maximum atomic E-state index is 12.8. The Morgan fingerprint density at radius 1 is 1.10 bits per heavy atom. The normalized spacial score (nSPS) is 19.3. The summed E-state index contributed by atoms with van der Waals surface area (Å²) in [4.78, 5) is 14.6. The Kier molecular flexibility index (Phi) is 5.46. The summed E-state index contributed by atoms with van der Waals surface area (Å²) >= 11 is 0. The molecule has 1 amide bonds. The molecule has 160 valence electrons. The summed E-state index contributed by atoms with van der Waals surface area (Å²) in [7, 11) is 0. The molecule has 8 heteroatoms. The van der Waals surface area contributed by atoms with E-state index >= 15 is 0 Å². The van der Waals surface area contributed by atoms with Gasteiger partial charge in [0, 0.05) is 31.5 Å². The lowest BCUT2D eigenvalue weighted by molar-refractivity contribution is -0.184. The first-order chi connectivity index (χ1) is 14.2. The predicted octanol–water partition coefficient (Wildman–Crippen LogP) is 3.61. The van der Waals surface area contributed by atoms with Gasteiger partial charge in [-0.1, -0.05) is 12.1 Å². The van der Waals surface area contributed by atoms with Crippen molar-refractivity contribution in [1.29, 1.82) is 0 Å². The zero-order valence-corrected chi connectivity index (χ0v) is 16.2. The number of amides is 1. The number of halogens is 3. The number of carbonyl (C=O) groups excluding carboxylic acids is 1. The van der Waals surface area contributed by atoms with E-state index in [1.807, 2.05) is 0 Å². The molecule has 4 rings (SSSR count). The maximum Gasteiger partial charge on any atom is 0.416 e. The maximum absolute atomic E-state index is 12.8. The molecular weight excluding hydrogens is 399 g/mol. The van der Waals surface area contributed by atoms with Crippen LogP contribution in [0.5, 0.6) is 5.75 Å². The van der Waals surface area contributed by atoms with Crippen LogP contribution in [-0.4, -0.2) is 48.3 Å². The fourth-order valence-corrected chi connectivity index (χ4v) is 3.68. The van der Waals surface area contributed by atoms with Crippen molar-refractivity contribution < 1.29 is 32.5 Å². The third-order valence-electron chi connectivity index (χ3n) is 5.54. The zero-order valence-electron chi connectivity index (χ0n) is 16.2. The molecule has 2 saturated heterocycles. The second-order valence-corrected chi connectivity index (χ2v) is 7.74. The molecule has 5 nitrogen and oxygen atoms in total.